The minimum absolute atomic E-state index is 0. The molecule has 5 saturated heterocycles. The number of nitrogens with one attached hydrogen (secondary N) is 8. The van der Waals surface area contributed by atoms with Crippen LogP contribution in [0.1, 0.15) is 51.4 Å². The van der Waals surface area contributed by atoms with Gasteiger partial charge < -0.3 is 0 Å². The molecule has 1 radical (unpaired) electrons. The van der Waals surface area contributed by atoms with Crippen LogP contribution in [0, 0.1) is 47.3 Å². The Morgan fingerprint density at radius 2 is 0.592 bits per heavy atom. The van der Waals surface area contributed by atoms with Gasteiger partial charge in [-0.25, -0.2) is 0 Å². The van der Waals surface area contributed by atoms with Gasteiger partial charge in [0.2, 0.25) is 0 Å². The third-order valence-electron chi connectivity index (χ3n) is 14.1. The molecule has 0 spiro atoms. The maximum absolute atomic E-state index is 7.33. The molecule has 49 heavy (non-hydrogen) atoms. The van der Waals surface area contributed by atoms with E-state index < -0.39 is 10.8 Å². The van der Waals surface area contributed by atoms with Crippen LogP contribution in [0.3, 0.4) is 0 Å². The summed E-state index contributed by atoms with van der Waals surface area (Å²) in [6.07, 6.45) is 10.5. The van der Waals surface area contributed by atoms with Gasteiger partial charge in [0, 0.05) is 50.4 Å². The van der Waals surface area contributed by atoms with Crippen molar-refractivity contribution in [1.29, 1.82) is 0 Å². The molecule has 8 bridgehead atoms. The van der Waals surface area contributed by atoms with Gasteiger partial charge in [-0.2, -0.15) is 0 Å². The summed E-state index contributed by atoms with van der Waals surface area (Å²) in [6, 6.07) is 0. The van der Waals surface area contributed by atoms with Crippen LogP contribution in [-0.2, 0) is 17.1 Å². The van der Waals surface area contributed by atoms with Gasteiger partial charge >= 0.3 is 0 Å². The van der Waals surface area contributed by atoms with Gasteiger partial charge in [-0.3, -0.25) is 42.5 Å². The van der Waals surface area contributed by atoms with Crippen molar-refractivity contribution in [2.24, 2.45) is 47.3 Å². The number of rotatable bonds is 0. The third-order valence-corrected chi connectivity index (χ3v) is 21.2. The predicted molar refractivity (Wildman–Crippen MR) is 204 cm³/mol. The zero-order valence-corrected chi connectivity index (χ0v) is 35.5. The molecule has 4 aliphatic carbocycles. The first-order valence-corrected chi connectivity index (χ1v) is 22.8. The van der Waals surface area contributed by atoms with Gasteiger partial charge in [-0.15, -0.1) is 69.6 Å². The number of hydrogen-bond donors (Lipinski definition) is 8. The fourth-order valence-corrected chi connectivity index (χ4v) is 16.4. The van der Waals surface area contributed by atoms with Crippen molar-refractivity contribution in [1.82, 2.24) is 42.5 Å². The van der Waals surface area contributed by atoms with E-state index in [0.29, 0.717) is 23.7 Å². The zero-order valence-electron chi connectivity index (χ0n) is 26.8. The molecule has 8 N–H and O–H groups in total. The predicted octanol–water partition coefficient (Wildman–Crippen LogP) is 4.65. The van der Waals surface area contributed by atoms with E-state index in [-0.39, 0.29) is 121 Å². The molecule has 5 aliphatic heterocycles. The van der Waals surface area contributed by atoms with Crippen molar-refractivity contribution in [2.75, 3.05) is 0 Å². The van der Waals surface area contributed by atoms with Gasteiger partial charge in [-0.1, -0.05) is 57.5 Å². The molecule has 0 aromatic heterocycles. The Bertz CT molecular complexity index is 1120. The molecule has 8 nitrogen and oxygen atoms in total. The van der Waals surface area contributed by atoms with E-state index in [0.717, 1.165) is 0 Å². The van der Waals surface area contributed by atoms with Crippen LogP contribution < -0.4 is 42.5 Å². The van der Waals surface area contributed by atoms with Crippen LogP contribution in [0.25, 0.3) is 0 Å². The van der Waals surface area contributed by atoms with Crippen molar-refractivity contribution >= 4 is 101 Å². The van der Waals surface area contributed by atoms with Gasteiger partial charge in [0.15, 0.2) is 0 Å². The van der Waals surface area contributed by atoms with Crippen LogP contribution in [-0.4, -0.2) is 91.2 Å². The minimum Gasteiger partial charge on any atom is -0.286 e. The molecular formula is C32H48Br2Cl6CuN8. The van der Waals surface area contributed by atoms with Crippen LogP contribution >= 0.6 is 101 Å². The Kier molecular flexibility index (Phi) is 12.1. The third kappa shape index (κ3) is 6.49. The minimum atomic E-state index is -0.454. The summed E-state index contributed by atoms with van der Waals surface area (Å²) in [4.78, 5) is 0.147. The van der Waals surface area contributed by atoms with E-state index in [1.165, 1.54) is 51.4 Å². The Labute approximate surface area is 348 Å². The largest absolute Gasteiger partial charge is 0.286 e. The van der Waals surface area contributed by atoms with Crippen molar-refractivity contribution in [3.05, 3.63) is 0 Å². The molecule has 24 atom stereocenters. The molecule has 0 amide bonds. The molecule has 4 saturated carbocycles. The standard InChI is InChI=1S/C32H48Br2Cl6N8.Cu/c33-17-13-14(19(35)22(38)18(17)34)30-46-29(13)44-27-11-7-3-1-5-9(11)25(42-27)41-26-10-6-2-4-8-12(10)28(43-26)45-31-15-16(32(47-30)48-31)21(37)24(40)23(39)20(15)36;/h9-32,41-48H,1-8H2;. The summed E-state index contributed by atoms with van der Waals surface area (Å²) in [6.45, 7) is 0. The van der Waals surface area contributed by atoms with Crippen LogP contribution in [0.2, 0.25) is 0 Å². The van der Waals surface area contributed by atoms with E-state index in [1.807, 2.05) is 0 Å². The monoisotopic (exact) mass is 975 g/mol. The van der Waals surface area contributed by atoms with Crippen molar-refractivity contribution in [3.63, 3.8) is 0 Å². The first kappa shape index (κ1) is 38.8. The van der Waals surface area contributed by atoms with Crippen LogP contribution in [0.4, 0.5) is 0 Å². The first-order chi connectivity index (χ1) is 23.1. The molecule has 24 unspecified atom stereocenters. The van der Waals surface area contributed by atoms with Gasteiger partial charge in [0.25, 0.3) is 0 Å². The summed E-state index contributed by atoms with van der Waals surface area (Å²) >= 11 is 50.8. The van der Waals surface area contributed by atoms with E-state index in [4.69, 9.17) is 69.6 Å². The fourth-order valence-electron chi connectivity index (χ4n) is 11.9. The molecule has 9 fully saturated rings. The number of alkyl halides is 8. The maximum atomic E-state index is 7.33. The molecular weight excluding hydrogens is 932 g/mol. The Balaban J connectivity index is 0.00000348. The van der Waals surface area contributed by atoms with Crippen LogP contribution in [0.5, 0.6) is 0 Å². The van der Waals surface area contributed by atoms with Crippen molar-refractivity contribution < 1.29 is 17.1 Å². The van der Waals surface area contributed by atoms with Gasteiger partial charge in [0.05, 0.1) is 81.6 Å². The fraction of sp³-hybridized carbons (Fsp3) is 1.00. The van der Waals surface area contributed by atoms with Crippen LogP contribution in [0.15, 0.2) is 0 Å². The summed E-state index contributed by atoms with van der Waals surface area (Å²) in [5.74, 6) is 2.37. The SMILES string of the molecule is ClC1C(Cl)C(Cl)C2C3NC(NC4NC(NC5NC(NC6NC(N3)C3C(Cl)C(Cl)C(Br)C(Br)C63)C3CCCCC53)C3CCCCC43)C2C1Cl.[Cu]. The van der Waals surface area contributed by atoms with Crippen molar-refractivity contribution in [2.45, 2.75) is 143 Å². The summed E-state index contributed by atoms with van der Waals surface area (Å²) in [5, 5.41) is 30.4. The maximum Gasteiger partial charge on any atom is 0.0681 e. The average molecular weight is 981 g/mol. The molecule has 0 aromatic carbocycles. The molecule has 0 aromatic rings. The molecule has 9 rings (SSSR count). The Morgan fingerprint density at radius 3 is 0.959 bits per heavy atom. The second kappa shape index (κ2) is 15.3. The quantitative estimate of drug-likeness (QED) is 0.132. The molecule has 5 heterocycles. The van der Waals surface area contributed by atoms with E-state index in [2.05, 4.69) is 74.4 Å². The first-order valence-electron chi connectivity index (χ1n) is 18.3. The molecule has 9 aliphatic rings. The topological polar surface area (TPSA) is 96.2 Å². The average Bonchev–Trinajstić information content (AvgIpc) is 3.83. The summed E-state index contributed by atoms with van der Waals surface area (Å²) < 4.78 is 0. The number of halogens is 8. The summed E-state index contributed by atoms with van der Waals surface area (Å²) in [5.41, 5.74) is 0. The van der Waals surface area contributed by atoms with E-state index >= 15 is 0 Å². The van der Waals surface area contributed by atoms with E-state index in [1.54, 1.807) is 0 Å². The van der Waals surface area contributed by atoms with E-state index in [9.17, 15) is 0 Å². The number of hydrogen-bond acceptors (Lipinski definition) is 8. The second-order valence-corrected chi connectivity index (χ2v) is 21.4. The molecule has 283 valence electrons. The number of fused-ring (bicyclic) bond motifs is 20. The van der Waals surface area contributed by atoms with Gasteiger partial charge in [0.1, 0.15) is 0 Å². The normalized spacial score (nSPS) is 61.2. The Morgan fingerprint density at radius 1 is 0.327 bits per heavy atom. The Hall–Kier alpha value is 2.90. The smallest absolute Gasteiger partial charge is 0.0681 e. The second-order valence-electron chi connectivity index (χ2n) is 16.2. The summed E-state index contributed by atoms with van der Waals surface area (Å²) in [7, 11) is 0. The zero-order chi connectivity index (χ0) is 33.2. The van der Waals surface area contributed by atoms with Gasteiger partial charge in [-0.05, 0) is 49.4 Å². The van der Waals surface area contributed by atoms with Crippen molar-refractivity contribution in [3.8, 4) is 0 Å². The molecule has 17 heteroatoms.